The summed E-state index contributed by atoms with van der Waals surface area (Å²) in [5, 5.41) is 3.01. The monoisotopic (exact) mass is 356 g/mol. The first-order valence-corrected chi connectivity index (χ1v) is 8.55. The topological polar surface area (TPSA) is 73.6 Å². The summed E-state index contributed by atoms with van der Waals surface area (Å²) in [5.74, 6) is 1.54. The van der Waals surface area contributed by atoms with Crippen LogP contribution in [0.4, 0.5) is 0 Å². The van der Waals surface area contributed by atoms with Crippen molar-refractivity contribution >= 4 is 18.3 Å². The first kappa shape index (κ1) is 20.6. The Labute approximate surface area is 150 Å². The maximum Gasteiger partial charge on any atom is 0.236 e. The summed E-state index contributed by atoms with van der Waals surface area (Å²) in [6, 6.07) is 7.21. The Balaban J connectivity index is 0.00000288. The molecule has 0 spiro atoms. The van der Waals surface area contributed by atoms with E-state index >= 15 is 0 Å². The quantitative estimate of drug-likeness (QED) is 0.787. The molecule has 0 aliphatic heterocycles. The van der Waals surface area contributed by atoms with Crippen LogP contribution in [0.5, 0.6) is 11.5 Å². The van der Waals surface area contributed by atoms with Crippen molar-refractivity contribution in [3.05, 3.63) is 24.3 Å². The van der Waals surface area contributed by atoms with E-state index in [0.29, 0.717) is 6.61 Å². The maximum absolute atomic E-state index is 11.8. The highest BCUT2D eigenvalue weighted by Crippen LogP contribution is 2.25. The van der Waals surface area contributed by atoms with Gasteiger partial charge >= 0.3 is 0 Å². The molecule has 1 aliphatic carbocycles. The fraction of sp³-hybridized carbons (Fsp3) is 0.611. The van der Waals surface area contributed by atoms with E-state index in [4.69, 9.17) is 15.2 Å². The third-order valence-electron chi connectivity index (χ3n) is 4.03. The van der Waals surface area contributed by atoms with Crippen LogP contribution in [-0.2, 0) is 4.79 Å². The average Bonchev–Trinajstić information content (AvgIpc) is 2.56. The van der Waals surface area contributed by atoms with E-state index in [1.165, 1.54) is 0 Å². The van der Waals surface area contributed by atoms with E-state index in [2.05, 4.69) is 12.2 Å². The van der Waals surface area contributed by atoms with Crippen molar-refractivity contribution in [2.24, 2.45) is 5.73 Å². The summed E-state index contributed by atoms with van der Waals surface area (Å²) in [6.45, 7) is 4.49. The lowest BCUT2D eigenvalue weighted by molar-refractivity contribution is -0.123. The third kappa shape index (κ3) is 6.21. The molecule has 2 unspecified atom stereocenters. The number of hydrogen-bond acceptors (Lipinski definition) is 4. The molecule has 0 saturated heterocycles. The standard InChI is InChI=1S/C18H28N2O3.ClH/c1-3-12-22-14-8-10-15(11-9-14)23-17-7-5-4-6-16(17)20-18(21)13(2)19;/h8-11,13,16-17H,3-7,12,19H2,1-2H3,(H,20,21);1H/t13-,16?,17?;/m1./s1. The molecule has 5 nitrogen and oxygen atoms in total. The Kier molecular flexibility index (Phi) is 8.93. The molecule has 3 N–H and O–H groups in total. The van der Waals surface area contributed by atoms with Crippen LogP contribution in [0.1, 0.15) is 46.0 Å². The van der Waals surface area contributed by atoms with Crippen molar-refractivity contribution < 1.29 is 14.3 Å². The molecule has 0 radical (unpaired) electrons. The Hall–Kier alpha value is -1.46. The van der Waals surface area contributed by atoms with Crippen molar-refractivity contribution in [1.82, 2.24) is 5.32 Å². The zero-order chi connectivity index (χ0) is 16.7. The van der Waals surface area contributed by atoms with E-state index < -0.39 is 6.04 Å². The second-order valence-corrected chi connectivity index (χ2v) is 6.16. The van der Waals surface area contributed by atoms with Crippen molar-refractivity contribution in [3.63, 3.8) is 0 Å². The number of nitrogens with one attached hydrogen (secondary N) is 1. The third-order valence-corrected chi connectivity index (χ3v) is 4.03. The molecule has 0 aromatic heterocycles. The van der Waals surface area contributed by atoms with Gasteiger partial charge in [0.25, 0.3) is 0 Å². The van der Waals surface area contributed by atoms with E-state index in [9.17, 15) is 4.79 Å². The highest BCUT2D eigenvalue weighted by Gasteiger charge is 2.28. The van der Waals surface area contributed by atoms with Gasteiger partial charge in [0.2, 0.25) is 5.91 Å². The molecule has 24 heavy (non-hydrogen) atoms. The summed E-state index contributed by atoms with van der Waals surface area (Å²) in [4.78, 5) is 11.8. The van der Waals surface area contributed by atoms with E-state index in [1.54, 1.807) is 6.92 Å². The molecule has 2 rings (SSSR count). The number of hydrogen-bond donors (Lipinski definition) is 2. The predicted octanol–water partition coefficient (Wildman–Crippen LogP) is 3.05. The van der Waals surface area contributed by atoms with Gasteiger partial charge in [0.15, 0.2) is 0 Å². The minimum atomic E-state index is -0.493. The van der Waals surface area contributed by atoms with Gasteiger partial charge in [-0.3, -0.25) is 4.79 Å². The fourth-order valence-corrected chi connectivity index (χ4v) is 2.73. The number of nitrogens with two attached hydrogens (primary N) is 1. The van der Waals surface area contributed by atoms with Gasteiger partial charge < -0.3 is 20.5 Å². The molecule has 6 heteroatoms. The molecule has 1 fully saturated rings. The van der Waals surface area contributed by atoms with Crippen LogP contribution in [0, 0.1) is 0 Å². The molecule has 1 aliphatic rings. The Bertz CT molecular complexity index is 494. The van der Waals surface area contributed by atoms with Crippen LogP contribution >= 0.6 is 12.4 Å². The first-order valence-electron chi connectivity index (χ1n) is 8.55. The molecular formula is C18H29ClN2O3. The van der Waals surface area contributed by atoms with Crippen LogP contribution in [-0.4, -0.2) is 30.7 Å². The minimum Gasteiger partial charge on any atom is -0.494 e. The predicted molar refractivity (Wildman–Crippen MR) is 97.9 cm³/mol. The Morgan fingerprint density at radius 1 is 1.25 bits per heavy atom. The molecule has 136 valence electrons. The highest BCUT2D eigenvalue weighted by molar-refractivity contribution is 5.85. The number of benzene rings is 1. The number of amides is 1. The summed E-state index contributed by atoms with van der Waals surface area (Å²) in [5.41, 5.74) is 5.64. The Morgan fingerprint density at radius 2 is 1.88 bits per heavy atom. The van der Waals surface area contributed by atoms with Crippen LogP contribution in [0.15, 0.2) is 24.3 Å². The van der Waals surface area contributed by atoms with Gasteiger partial charge in [-0.25, -0.2) is 0 Å². The lowest BCUT2D eigenvalue weighted by Crippen LogP contribution is -2.51. The van der Waals surface area contributed by atoms with Gasteiger partial charge in [-0.15, -0.1) is 12.4 Å². The SMILES string of the molecule is CCCOc1ccc(OC2CCCCC2NC(=O)[C@@H](C)N)cc1.Cl. The van der Waals surface area contributed by atoms with Crippen LogP contribution < -0.4 is 20.5 Å². The van der Waals surface area contributed by atoms with Crippen LogP contribution in [0.25, 0.3) is 0 Å². The summed E-state index contributed by atoms with van der Waals surface area (Å²) in [7, 11) is 0. The molecule has 0 heterocycles. The molecule has 3 atom stereocenters. The van der Waals surface area contributed by atoms with Gasteiger partial charge in [-0.05, 0) is 56.9 Å². The van der Waals surface area contributed by atoms with Gasteiger partial charge in [0.05, 0.1) is 18.7 Å². The van der Waals surface area contributed by atoms with Crippen molar-refractivity contribution in [3.8, 4) is 11.5 Å². The number of carbonyl (C=O) groups is 1. The summed E-state index contributed by atoms with van der Waals surface area (Å²) in [6.07, 6.45) is 5.08. The molecular weight excluding hydrogens is 328 g/mol. The zero-order valence-electron chi connectivity index (χ0n) is 14.5. The number of carbonyl (C=O) groups excluding carboxylic acids is 1. The van der Waals surface area contributed by atoms with E-state index in [0.717, 1.165) is 43.6 Å². The zero-order valence-corrected chi connectivity index (χ0v) is 15.3. The van der Waals surface area contributed by atoms with Gasteiger partial charge in [-0.1, -0.05) is 13.3 Å². The van der Waals surface area contributed by atoms with Crippen LogP contribution in [0.2, 0.25) is 0 Å². The summed E-state index contributed by atoms with van der Waals surface area (Å²) < 4.78 is 11.7. The molecule has 1 saturated carbocycles. The second-order valence-electron chi connectivity index (χ2n) is 6.16. The lowest BCUT2D eigenvalue weighted by atomic mass is 9.92. The number of rotatable bonds is 7. The van der Waals surface area contributed by atoms with Crippen molar-refractivity contribution in [1.29, 1.82) is 0 Å². The van der Waals surface area contributed by atoms with Crippen molar-refractivity contribution in [2.75, 3.05) is 6.61 Å². The molecule has 0 bridgehead atoms. The maximum atomic E-state index is 11.8. The summed E-state index contributed by atoms with van der Waals surface area (Å²) >= 11 is 0. The van der Waals surface area contributed by atoms with Gasteiger partial charge in [0.1, 0.15) is 17.6 Å². The smallest absolute Gasteiger partial charge is 0.236 e. The fourth-order valence-electron chi connectivity index (χ4n) is 2.73. The van der Waals surface area contributed by atoms with Gasteiger partial charge in [0, 0.05) is 0 Å². The highest BCUT2D eigenvalue weighted by atomic mass is 35.5. The average molecular weight is 357 g/mol. The number of ether oxygens (including phenoxy) is 2. The van der Waals surface area contributed by atoms with Crippen LogP contribution in [0.3, 0.4) is 0 Å². The molecule has 1 amide bonds. The Morgan fingerprint density at radius 3 is 2.50 bits per heavy atom. The first-order chi connectivity index (χ1) is 11.1. The minimum absolute atomic E-state index is 0. The normalized spacial score (nSPS) is 21.3. The van der Waals surface area contributed by atoms with Crippen molar-refractivity contribution in [2.45, 2.75) is 64.1 Å². The van der Waals surface area contributed by atoms with E-state index in [-0.39, 0.29) is 30.5 Å². The second kappa shape index (κ2) is 10.4. The van der Waals surface area contributed by atoms with E-state index in [1.807, 2.05) is 24.3 Å². The number of halogens is 1. The molecule has 1 aromatic carbocycles. The lowest BCUT2D eigenvalue weighted by Gasteiger charge is -2.33. The largest absolute Gasteiger partial charge is 0.494 e. The molecule has 1 aromatic rings. The van der Waals surface area contributed by atoms with Gasteiger partial charge in [-0.2, -0.15) is 0 Å².